The second kappa shape index (κ2) is 8.94. The average molecular weight is 434 g/mol. The van der Waals surface area contributed by atoms with E-state index in [4.69, 9.17) is 9.73 Å². The quantitative estimate of drug-likeness (QED) is 0.702. The molecule has 1 spiro atoms. The molecule has 0 radical (unpaired) electrons. The van der Waals surface area contributed by atoms with E-state index in [1.165, 1.54) is 6.92 Å². The second-order valence-electron chi connectivity index (χ2n) is 8.31. The van der Waals surface area contributed by atoms with Gasteiger partial charge in [0, 0.05) is 16.8 Å². The lowest BCUT2D eigenvalue weighted by molar-refractivity contribution is -0.134. The molecular weight excluding hydrogens is 406 g/mol. The van der Waals surface area contributed by atoms with Crippen LogP contribution in [0.15, 0.2) is 53.5 Å². The molecule has 166 valence electrons. The summed E-state index contributed by atoms with van der Waals surface area (Å²) in [5.41, 5.74) is 1.49. The molecule has 0 aromatic heterocycles. The molecule has 32 heavy (non-hydrogen) atoms. The number of benzene rings is 2. The van der Waals surface area contributed by atoms with Crippen molar-refractivity contribution < 1.29 is 19.1 Å². The van der Waals surface area contributed by atoms with E-state index in [9.17, 15) is 14.4 Å². The number of methoxy groups -OCH3 is 1. The molecule has 1 saturated carbocycles. The molecule has 2 aromatic rings. The fourth-order valence-electron chi connectivity index (χ4n) is 4.45. The Morgan fingerprint density at radius 1 is 1.09 bits per heavy atom. The summed E-state index contributed by atoms with van der Waals surface area (Å²) in [4.78, 5) is 44.4. The zero-order chi connectivity index (χ0) is 22.7. The van der Waals surface area contributed by atoms with Gasteiger partial charge in [-0.1, -0.05) is 18.6 Å². The van der Waals surface area contributed by atoms with Crippen LogP contribution in [0.2, 0.25) is 0 Å². The van der Waals surface area contributed by atoms with E-state index in [1.54, 1.807) is 48.4 Å². The van der Waals surface area contributed by atoms with Crippen molar-refractivity contribution in [1.29, 1.82) is 0 Å². The zero-order valence-corrected chi connectivity index (χ0v) is 18.4. The first-order chi connectivity index (χ1) is 15.4. The van der Waals surface area contributed by atoms with Crippen molar-refractivity contribution in [3.8, 4) is 5.75 Å². The Kier molecular flexibility index (Phi) is 6.08. The van der Waals surface area contributed by atoms with Gasteiger partial charge in [0.1, 0.15) is 23.7 Å². The summed E-state index contributed by atoms with van der Waals surface area (Å²) < 4.78 is 5.21. The SMILES string of the molecule is COc1ccc(C2=NC3(CCCCC3)N(CC(=O)Nc3cccc(C(C)=O)c3)C2=O)cc1. The van der Waals surface area contributed by atoms with Crippen LogP contribution in [0.25, 0.3) is 0 Å². The molecule has 2 amide bonds. The Bertz CT molecular complexity index is 1070. The van der Waals surface area contributed by atoms with E-state index >= 15 is 0 Å². The fourth-order valence-corrected chi connectivity index (χ4v) is 4.45. The predicted octanol–water partition coefficient (Wildman–Crippen LogP) is 3.83. The van der Waals surface area contributed by atoms with Crippen LogP contribution in [0.1, 0.15) is 54.9 Å². The minimum absolute atomic E-state index is 0.0745. The zero-order valence-electron chi connectivity index (χ0n) is 18.4. The monoisotopic (exact) mass is 433 g/mol. The third-order valence-electron chi connectivity index (χ3n) is 6.14. The summed E-state index contributed by atoms with van der Waals surface area (Å²) in [6.07, 6.45) is 4.51. The maximum atomic E-state index is 13.4. The highest BCUT2D eigenvalue weighted by atomic mass is 16.5. The third kappa shape index (κ3) is 4.28. The Morgan fingerprint density at radius 3 is 2.47 bits per heavy atom. The van der Waals surface area contributed by atoms with Crippen LogP contribution in [0.5, 0.6) is 5.75 Å². The van der Waals surface area contributed by atoms with Gasteiger partial charge in [-0.3, -0.25) is 19.4 Å². The first-order valence-electron chi connectivity index (χ1n) is 10.9. The number of carbonyl (C=O) groups excluding carboxylic acids is 3. The molecule has 4 rings (SSSR count). The first-order valence-corrected chi connectivity index (χ1v) is 10.9. The number of amides is 2. The van der Waals surface area contributed by atoms with E-state index in [1.807, 2.05) is 12.1 Å². The summed E-state index contributed by atoms with van der Waals surface area (Å²) in [6, 6.07) is 14.0. The van der Waals surface area contributed by atoms with E-state index in [2.05, 4.69) is 5.32 Å². The lowest BCUT2D eigenvalue weighted by atomic mass is 9.88. The summed E-state index contributed by atoms with van der Waals surface area (Å²) in [6.45, 7) is 1.39. The maximum Gasteiger partial charge on any atom is 0.275 e. The van der Waals surface area contributed by atoms with Crippen LogP contribution in [-0.4, -0.2) is 47.5 Å². The van der Waals surface area contributed by atoms with Gasteiger partial charge in [-0.05, 0) is 69.0 Å². The van der Waals surface area contributed by atoms with Crippen LogP contribution in [-0.2, 0) is 9.59 Å². The highest BCUT2D eigenvalue weighted by Crippen LogP contribution is 2.39. The van der Waals surface area contributed by atoms with Crippen molar-refractivity contribution in [2.24, 2.45) is 4.99 Å². The molecule has 0 unspecified atom stereocenters. The number of anilines is 1. The molecule has 1 aliphatic carbocycles. The summed E-state index contributed by atoms with van der Waals surface area (Å²) in [5, 5.41) is 2.82. The number of nitrogens with zero attached hydrogens (tertiary/aromatic N) is 2. The van der Waals surface area contributed by atoms with E-state index in [-0.39, 0.29) is 24.1 Å². The standard InChI is InChI=1S/C25H27N3O4/c1-17(29)19-7-6-8-20(15-19)26-22(30)16-28-24(31)23(18-9-11-21(32-2)12-10-18)27-25(28)13-4-3-5-14-25/h6-12,15H,3-5,13-14,16H2,1-2H3,(H,26,30). The number of nitrogens with one attached hydrogen (secondary N) is 1. The van der Waals surface area contributed by atoms with Gasteiger partial charge in [0.25, 0.3) is 5.91 Å². The number of ether oxygens (including phenoxy) is 1. The van der Waals surface area contributed by atoms with Crippen molar-refractivity contribution in [2.75, 3.05) is 19.0 Å². The van der Waals surface area contributed by atoms with Crippen molar-refractivity contribution in [3.05, 3.63) is 59.7 Å². The Labute approximate surface area is 187 Å². The summed E-state index contributed by atoms with van der Waals surface area (Å²) in [5.74, 6) is 0.0885. The number of aliphatic imine (C=N–C) groups is 1. The highest BCUT2D eigenvalue weighted by Gasteiger charge is 2.48. The number of rotatable bonds is 6. The molecule has 2 aromatic carbocycles. The smallest absolute Gasteiger partial charge is 0.275 e. The Balaban J connectivity index is 1.56. The molecule has 1 heterocycles. The molecule has 2 aliphatic rings. The van der Waals surface area contributed by atoms with Gasteiger partial charge in [-0.25, -0.2) is 0 Å². The number of ketones is 1. The number of hydrogen-bond donors (Lipinski definition) is 1. The van der Waals surface area contributed by atoms with Crippen molar-refractivity contribution >= 4 is 29.0 Å². The maximum absolute atomic E-state index is 13.4. The molecule has 0 bridgehead atoms. The van der Waals surface area contributed by atoms with Crippen LogP contribution >= 0.6 is 0 Å². The number of Topliss-reactive ketones (excluding diaryl/α,β-unsaturated/α-hetero) is 1. The molecule has 7 nitrogen and oxygen atoms in total. The van der Waals surface area contributed by atoms with E-state index in [0.717, 1.165) is 37.7 Å². The van der Waals surface area contributed by atoms with Gasteiger partial charge in [0.15, 0.2) is 5.78 Å². The van der Waals surface area contributed by atoms with Gasteiger partial charge in [0.2, 0.25) is 5.91 Å². The van der Waals surface area contributed by atoms with Crippen molar-refractivity contribution in [2.45, 2.75) is 44.7 Å². The number of hydrogen-bond acceptors (Lipinski definition) is 5. The Morgan fingerprint density at radius 2 is 1.81 bits per heavy atom. The fraction of sp³-hybridized carbons (Fsp3) is 0.360. The van der Waals surface area contributed by atoms with Crippen LogP contribution < -0.4 is 10.1 Å². The average Bonchev–Trinajstić information content (AvgIpc) is 3.05. The second-order valence-corrected chi connectivity index (χ2v) is 8.31. The molecule has 0 atom stereocenters. The van der Waals surface area contributed by atoms with E-state index < -0.39 is 5.66 Å². The largest absolute Gasteiger partial charge is 0.497 e. The van der Waals surface area contributed by atoms with Crippen LogP contribution in [0, 0.1) is 0 Å². The van der Waals surface area contributed by atoms with Gasteiger partial charge in [-0.15, -0.1) is 0 Å². The molecule has 0 saturated heterocycles. The van der Waals surface area contributed by atoms with Gasteiger partial charge in [-0.2, -0.15) is 0 Å². The third-order valence-corrected chi connectivity index (χ3v) is 6.14. The van der Waals surface area contributed by atoms with Gasteiger partial charge >= 0.3 is 0 Å². The molecular formula is C25H27N3O4. The first kappa shape index (κ1) is 21.7. The van der Waals surface area contributed by atoms with Gasteiger partial charge < -0.3 is 15.0 Å². The predicted molar refractivity (Wildman–Crippen MR) is 122 cm³/mol. The lowest BCUT2D eigenvalue weighted by Crippen LogP contribution is -2.51. The summed E-state index contributed by atoms with van der Waals surface area (Å²) >= 11 is 0. The summed E-state index contributed by atoms with van der Waals surface area (Å²) in [7, 11) is 1.59. The van der Waals surface area contributed by atoms with Crippen LogP contribution in [0.4, 0.5) is 5.69 Å². The van der Waals surface area contributed by atoms with Crippen molar-refractivity contribution in [3.63, 3.8) is 0 Å². The molecule has 7 heteroatoms. The van der Waals surface area contributed by atoms with Crippen LogP contribution in [0.3, 0.4) is 0 Å². The lowest BCUT2D eigenvalue weighted by Gasteiger charge is -2.38. The molecule has 1 fully saturated rings. The van der Waals surface area contributed by atoms with Gasteiger partial charge in [0.05, 0.1) is 7.11 Å². The molecule has 1 aliphatic heterocycles. The Hall–Kier alpha value is -3.48. The normalized spacial score (nSPS) is 17.2. The molecule has 1 N–H and O–H groups in total. The topological polar surface area (TPSA) is 88.1 Å². The van der Waals surface area contributed by atoms with E-state index in [0.29, 0.717) is 22.7 Å². The minimum Gasteiger partial charge on any atom is -0.497 e. The minimum atomic E-state index is -0.677. The number of carbonyl (C=O) groups is 3. The highest BCUT2D eigenvalue weighted by molar-refractivity contribution is 6.47. The van der Waals surface area contributed by atoms with Crippen molar-refractivity contribution in [1.82, 2.24) is 4.90 Å².